The van der Waals surface area contributed by atoms with Crippen LogP contribution >= 0.6 is 0 Å². The zero-order valence-electron chi connectivity index (χ0n) is 17.1. The Labute approximate surface area is 176 Å². The Balaban J connectivity index is 1.52. The summed E-state index contributed by atoms with van der Waals surface area (Å²) in [5.74, 6) is 2.85. The van der Waals surface area contributed by atoms with Crippen molar-refractivity contribution in [3.05, 3.63) is 83.9 Å². The molecule has 1 aliphatic rings. The Hall–Kier alpha value is -3.47. The fourth-order valence-corrected chi connectivity index (χ4v) is 3.44. The summed E-state index contributed by atoms with van der Waals surface area (Å²) in [7, 11) is 0. The molecule has 5 nitrogen and oxygen atoms in total. The zero-order valence-corrected chi connectivity index (χ0v) is 17.1. The summed E-state index contributed by atoms with van der Waals surface area (Å²) < 4.78 is 17.2. The number of rotatable bonds is 6. The largest absolute Gasteiger partial charge is 0.486 e. The third-order valence-corrected chi connectivity index (χ3v) is 4.95. The molecule has 5 heteroatoms. The van der Waals surface area contributed by atoms with Gasteiger partial charge in [0.25, 0.3) is 5.91 Å². The number of benzene rings is 3. The van der Waals surface area contributed by atoms with E-state index < -0.39 is 0 Å². The van der Waals surface area contributed by atoms with Crippen molar-refractivity contribution in [1.29, 1.82) is 0 Å². The number of para-hydroxylation sites is 1. The molecule has 0 saturated carbocycles. The summed E-state index contributed by atoms with van der Waals surface area (Å²) in [5, 5.41) is 3.16. The fourth-order valence-electron chi connectivity index (χ4n) is 3.44. The lowest BCUT2D eigenvalue weighted by molar-refractivity contribution is 0.0925. The number of nitrogens with one attached hydrogen (secondary N) is 1. The predicted octanol–water partition coefficient (Wildman–Crippen LogP) is 5.38. The van der Waals surface area contributed by atoms with Crippen LogP contribution in [0.1, 0.15) is 35.8 Å². The Kier molecular flexibility index (Phi) is 5.89. The Bertz CT molecular complexity index is 1020. The summed E-state index contributed by atoms with van der Waals surface area (Å²) in [6.07, 6.45) is 0. The Morgan fingerprint density at radius 3 is 2.37 bits per heavy atom. The van der Waals surface area contributed by atoms with Crippen molar-refractivity contribution >= 4 is 5.91 Å². The van der Waals surface area contributed by atoms with Crippen LogP contribution in [0.25, 0.3) is 0 Å². The van der Waals surface area contributed by atoms with Crippen LogP contribution in [-0.2, 0) is 0 Å². The molecule has 1 aliphatic heterocycles. The van der Waals surface area contributed by atoms with Crippen LogP contribution in [0.3, 0.4) is 0 Å². The summed E-state index contributed by atoms with van der Waals surface area (Å²) in [5.41, 5.74) is 1.53. The lowest BCUT2D eigenvalue weighted by Crippen LogP contribution is -2.32. The van der Waals surface area contributed by atoms with E-state index in [1.165, 1.54) is 0 Å². The molecule has 0 aliphatic carbocycles. The molecule has 3 aromatic rings. The van der Waals surface area contributed by atoms with E-state index in [1.807, 2.05) is 60.7 Å². The third kappa shape index (κ3) is 4.57. The van der Waals surface area contributed by atoms with Crippen molar-refractivity contribution in [2.75, 3.05) is 13.2 Å². The highest BCUT2D eigenvalue weighted by Gasteiger charge is 2.22. The SMILES string of the molecule is CC(C)[C@H](NC(=O)c1cccc(Oc2ccccc2)c1)c1ccc2c(c1)OCCO2. The maximum absolute atomic E-state index is 13.0. The molecule has 0 saturated heterocycles. The molecule has 0 fully saturated rings. The molecule has 4 rings (SSSR count). The molecule has 1 amide bonds. The van der Waals surface area contributed by atoms with Gasteiger partial charge in [-0.15, -0.1) is 0 Å². The van der Waals surface area contributed by atoms with Gasteiger partial charge in [-0.3, -0.25) is 4.79 Å². The van der Waals surface area contributed by atoms with Crippen molar-refractivity contribution in [3.63, 3.8) is 0 Å². The zero-order chi connectivity index (χ0) is 20.9. The molecule has 0 aromatic heterocycles. The molecule has 0 unspecified atom stereocenters. The van der Waals surface area contributed by atoms with Gasteiger partial charge in [0.05, 0.1) is 6.04 Å². The van der Waals surface area contributed by atoms with Gasteiger partial charge in [-0.25, -0.2) is 0 Å². The van der Waals surface area contributed by atoms with Crippen molar-refractivity contribution in [2.24, 2.45) is 5.92 Å². The molecular formula is C25H25NO4. The van der Waals surface area contributed by atoms with Gasteiger partial charge in [0, 0.05) is 5.56 Å². The van der Waals surface area contributed by atoms with Gasteiger partial charge in [0.15, 0.2) is 11.5 Å². The van der Waals surface area contributed by atoms with Crippen LogP contribution in [-0.4, -0.2) is 19.1 Å². The van der Waals surface area contributed by atoms with E-state index in [4.69, 9.17) is 14.2 Å². The molecule has 1 N–H and O–H groups in total. The first-order valence-corrected chi connectivity index (χ1v) is 10.1. The lowest BCUT2D eigenvalue weighted by atomic mass is 9.95. The summed E-state index contributed by atoms with van der Waals surface area (Å²) >= 11 is 0. The average molecular weight is 403 g/mol. The smallest absolute Gasteiger partial charge is 0.251 e. The molecular weight excluding hydrogens is 378 g/mol. The number of amides is 1. The van der Waals surface area contributed by atoms with Gasteiger partial charge in [-0.2, -0.15) is 0 Å². The molecule has 3 aromatic carbocycles. The van der Waals surface area contributed by atoms with Gasteiger partial charge in [-0.1, -0.05) is 44.2 Å². The molecule has 0 radical (unpaired) electrons. The van der Waals surface area contributed by atoms with E-state index in [2.05, 4.69) is 19.2 Å². The van der Waals surface area contributed by atoms with Crippen molar-refractivity contribution in [3.8, 4) is 23.0 Å². The summed E-state index contributed by atoms with van der Waals surface area (Å²) in [4.78, 5) is 13.0. The topological polar surface area (TPSA) is 56.8 Å². The van der Waals surface area contributed by atoms with E-state index in [0.29, 0.717) is 24.5 Å². The minimum absolute atomic E-state index is 0.151. The van der Waals surface area contributed by atoms with Crippen LogP contribution in [0, 0.1) is 5.92 Å². The van der Waals surface area contributed by atoms with Crippen LogP contribution in [0.4, 0.5) is 0 Å². The quantitative estimate of drug-likeness (QED) is 0.601. The van der Waals surface area contributed by atoms with E-state index in [1.54, 1.807) is 12.1 Å². The van der Waals surface area contributed by atoms with E-state index in [0.717, 1.165) is 22.8 Å². The van der Waals surface area contributed by atoms with Crippen LogP contribution in [0.2, 0.25) is 0 Å². The molecule has 0 bridgehead atoms. The first kappa shape index (κ1) is 19.8. The monoisotopic (exact) mass is 403 g/mol. The van der Waals surface area contributed by atoms with E-state index in [-0.39, 0.29) is 17.9 Å². The second-order valence-electron chi connectivity index (χ2n) is 7.54. The van der Waals surface area contributed by atoms with Gasteiger partial charge in [0.1, 0.15) is 24.7 Å². The molecule has 1 heterocycles. The highest BCUT2D eigenvalue weighted by Crippen LogP contribution is 2.34. The lowest BCUT2D eigenvalue weighted by Gasteiger charge is -2.25. The number of hydrogen-bond donors (Lipinski definition) is 1. The molecule has 30 heavy (non-hydrogen) atoms. The Morgan fingerprint density at radius 1 is 0.867 bits per heavy atom. The van der Waals surface area contributed by atoms with Gasteiger partial charge in [0.2, 0.25) is 0 Å². The van der Waals surface area contributed by atoms with E-state index in [9.17, 15) is 4.79 Å². The second kappa shape index (κ2) is 8.91. The first-order chi connectivity index (χ1) is 14.6. The fraction of sp³-hybridized carbons (Fsp3) is 0.240. The third-order valence-electron chi connectivity index (χ3n) is 4.95. The van der Waals surface area contributed by atoms with Crippen LogP contribution in [0.15, 0.2) is 72.8 Å². The number of fused-ring (bicyclic) bond motifs is 1. The van der Waals surface area contributed by atoms with Crippen molar-refractivity contribution < 1.29 is 19.0 Å². The normalized spacial score (nSPS) is 13.6. The standard InChI is InChI=1S/C25H25NO4/c1-17(2)24(18-11-12-22-23(16-18)29-14-13-28-22)26-25(27)19-7-6-10-21(15-19)30-20-8-4-3-5-9-20/h3-12,15-17,24H,13-14H2,1-2H3,(H,26,27)/t24-/m0/s1. The molecule has 0 spiro atoms. The van der Waals surface area contributed by atoms with Gasteiger partial charge < -0.3 is 19.5 Å². The minimum Gasteiger partial charge on any atom is -0.486 e. The molecule has 1 atom stereocenters. The number of carbonyl (C=O) groups is 1. The summed E-state index contributed by atoms with van der Waals surface area (Å²) in [6.45, 7) is 5.24. The van der Waals surface area contributed by atoms with Gasteiger partial charge in [-0.05, 0) is 53.9 Å². The highest BCUT2D eigenvalue weighted by atomic mass is 16.6. The van der Waals surface area contributed by atoms with Gasteiger partial charge >= 0.3 is 0 Å². The molecule has 154 valence electrons. The maximum atomic E-state index is 13.0. The van der Waals surface area contributed by atoms with E-state index >= 15 is 0 Å². The minimum atomic E-state index is -0.160. The maximum Gasteiger partial charge on any atom is 0.251 e. The Morgan fingerprint density at radius 2 is 1.60 bits per heavy atom. The van der Waals surface area contributed by atoms with Crippen molar-refractivity contribution in [1.82, 2.24) is 5.32 Å². The number of ether oxygens (including phenoxy) is 3. The van der Waals surface area contributed by atoms with Crippen LogP contribution < -0.4 is 19.5 Å². The van der Waals surface area contributed by atoms with Crippen molar-refractivity contribution in [2.45, 2.75) is 19.9 Å². The average Bonchev–Trinajstić information content (AvgIpc) is 2.77. The summed E-state index contributed by atoms with van der Waals surface area (Å²) in [6, 6.07) is 22.4. The number of carbonyl (C=O) groups excluding carboxylic acids is 1. The van der Waals surface area contributed by atoms with Crippen LogP contribution in [0.5, 0.6) is 23.0 Å². The second-order valence-corrected chi connectivity index (χ2v) is 7.54. The highest BCUT2D eigenvalue weighted by molar-refractivity contribution is 5.94. The number of hydrogen-bond acceptors (Lipinski definition) is 4. The predicted molar refractivity (Wildman–Crippen MR) is 115 cm³/mol. The first-order valence-electron chi connectivity index (χ1n) is 10.1.